The Hall–Kier alpha value is -1.35. The average Bonchev–Trinajstić information content (AvgIpc) is 2.54. The maximum atomic E-state index is 12.1. The highest BCUT2D eigenvalue weighted by Gasteiger charge is 2.22. The van der Waals surface area contributed by atoms with E-state index in [0.29, 0.717) is 5.92 Å². The number of anilines is 1. The molecule has 1 aliphatic rings. The lowest BCUT2D eigenvalue weighted by atomic mass is 10.0. The number of carbonyl (C=O) groups excluding carboxylic acids is 1. The summed E-state index contributed by atoms with van der Waals surface area (Å²) >= 11 is 0. The number of fused-ring (bicyclic) bond motifs is 1. The molecule has 1 heterocycles. The van der Waals surface area contributed by atoms with Gasteiger partial charge in [-0.05, 0) is 36.9 Å². The third kappa shape index (κ3) is 3.10. The van der Waals surface area contributed by atoms with E-state index < -0.39 is 0 Å². The van der Waals surface area contributed by atoms with Crippen LogP contribution in [0.1, 0.15) is 32.3 Å². The summed E-state index contributed by atoms with van der Waals surface area (Å²) in [4.78, 5) is 12.1. The summed E-state index contributed by atoms with van der Waals surface area (Å²) in [6.07, 6.45) is 2.97. The zero-order chi connectivity index (χ0) is 13.0. The molecule has 0 saturated carbocycles. The molecule has 3 heteroatoms. The van der Waals surface area contributed by atoms with Gasteiger partial charge in [-0.25, -0.2) is 0 Å². The predicted octanol–water partition coefficient (Wildman–Crippen LogP) is 2.58. The molecule has 18 heavy (non-hydrogen) atoms. The van der Waals surface area contributed by atoms with Crippen molar-refractivity contribution in [1.82, 2.24) is 5.32 Å². The van der Waals surface area contributed by atoms with E-state index in [0.717, 1.165) is 31.5 Å². The Kier molecular flexibility index (Phi) is 4.37. The minimum absolute atomic E-state index is 0.0635. The first-order valence-electron chi connectivity index (χ1n) is 6.83. The number of hydrogen-bond donors (Lipinski definition) is 2. The lowest BCUT2D eigenvalue weighted by Gasteiger charge is -2.17. The second-order valence-corrected chi connectivity index (χ2v) is 5.16. The van der Waals surface area contributed by atoms with Crippen LogP contribution in [0.2, 0.25) is 0 Å². The molecule has 0 bridgehead atoms. The summed E-state index contributed by atoms with van der Waals surface area (Å²) in [6, 6.07) is 7.99. The zero-order valence-corrected chi connectivity index (χ0v) is 11.2. The molecule has 98 valence electrons. The maximum absolute atomic E-state index is 12.1. The minimum atomic E-state index is -0.0635. The van der Waals surface area contributed by atoms with Gasteiger partial charge >= 0.3 is 0 Å². The van der Waals surface area contributed by atoms with Crippen LogP contribution in [-0.2, 0) is 11.2 Å². The van der Waals surface area contributed by atoms with Crippen LogP contribution < -0.4 is 10.6 Å². The third-order valence-corrected chi connectivity index (χ3v) is 3.70. The van der Waals surface area contributed by atoms with Crippen molar-refractivity contribution in [3.05, 3.63) is 29.8 Å². The van der Waals surface area contributed by atoms with Crippen molar-refractivity contribution in [2.75, 3.05) is 11.9 Å². The molecule has 2 unspecified atom stereocenters. The quantitative estimate of drug-likeness (QED) is 0.857. The first-order valence-corrected chi connectivity index (χ1v) is 6.83. The largest absolute Gasteiger partial charge is 0.324 e. The topological polar surface area (TPSA) is 41.1 Å². The monoisotopic (exact) mass is 246 g/mol. The minimum Gasteiger partial charge on any atom is -0.324 e. The first kappa shape index (κ1) is 13.1. The Morgan fingerprint density at radius 1 is 1.44 bits per heavy atom. The maximum Gasteiger partial charge on any atom is 0.241 e. The molecule has 0 spiro atoms. The fourth-order valence-corrected chi connectivity index (χ4v) is 2.19. The molecule has 0 radical (unpaired) electrons. The lowest BCUT2D eigenvalue weighted by Crippen LogP contribution is -2.41. The van der Waals surface area contributed by atoms with E-state index in [1.54, 1.807) is 0 Å². The smallest absolute Gasteiger partial charge is 0.241 e. The van der Waals surface area contributed by atoms with Crippen LogP contribution in [0.3, 0.4) is 0 Å². The van der Waals surface area contributed by atoms with Gasteiger partial charge in [0, 0.05) is 5.69 Å². The Balaban J connectivity index is 1.99. The molecule has 0 fully saturated rings. The molecule has 1 aromatic rings. The molecule has 1 aliphatic heterocycles. The van der Waals surface area contributed by atoms with Gasteiger partial charge in [-0.1, -0.05) is 38.5 Å². The molecule has 1 aromatic carbocycles. The molecular weight excluding hydrogens is 224 g/mol. The van der Waals surface area contributed by atoms with Gasteiger partial charge in [-0.2, -0.15) is 0 Å². The number of nitrogens with one attached hydrogen (secondary N) is 2. The summed E-state index contributed by atoms with van der Waals surface area (Å²) in [5, 5.41) is 6.40. The number of benzene rings is 1. The van der Waals surface area contributed by atoms with E-state index in [-0.39, 0.29) is 11.9 Å². The Morgan fingerprint density at radius 3 is 3.00 bits per heavy atom. The second-order valence-electron chi connectivity index (χ2n) is 5.16. The van der Waals surface area contributed by atoms with Crippen molar-refractivity contribution in [2.24, 2.45) is 5.92 Å². The Labute approximate surface area is 109 Å². The van der Waals surface area contributed by atoms with E-state index in [4.69, 9.17) is 0 Å². The summed E-state index contributed by atoms with van der Waals surface area (Å²) in [5.41, 5.74) is 2.20. The van der Waals surface area contributed by atoms with Crippen LogP contribution in [0.15, 0.2) is 24.3 Å². The molecule has 2 N–H and O–H groups in total. The van der Waals surface area contributed by atoms with Crippen LogP contribution in [0.5, 0.6) is 0 Å². The van der Waals surface area contributed by atoms with Crippen molar-refractivity contribution in [3.63, 3.8) is 0 Å². The number of amides is 1. The van der Waals surface area contributed by atoms with Crippen LogP contribution in [0.4, 0.5) is 5.69 Å². The van der Waals surface area contributed by atoms with Crippen LogP contribution in [-0.4, -0.2) is 18.5 Å². The van der Waals surface area contributed by atoms with E-state index in [2.05, 4.69) is 30.5 Å². The van der Waals surface area contributed by atoms with Gasteiger partial charge in [0.05, 0.1) is 6.04 Å². The highest BCUT2D eigenvalue weighted by Crippen LogP contribution is 2.21. The van der Waals surface area contributed by atoms with Crippen molar-refractivity contribution in [3.8, 4) is 0 Å². The fraction of sp³-hybridized carbons (Fsp3) is 0.533. The summed E-state index contributed by atoms with van der Waals surface area (Å²) in [7, 11) is 0. The van der Waals surface area contributed by atoms with Gasteiger partial charge in [-0.3, -0.25) is 4.79 Å². The normalized spacial score (nSPS) is 20.8. The van der Waals surface area contributed by atoms with Gasteiger partial charge in [0.2, 0.25) is 5.91 Å². The van der Waals surface area contributed by atoms with Gasteiger partial charge in [0.15, 0.2) is 0 Å². The summed E-state index contributed by atoms with van der Waals surface area (Å²) in [6.45, 7) is 5.29. The number of para-hydroxylation sites is 1. The van der Waals surface area contributed by atoms with E-state index in [9.17, 15) is 4.79 Å². The molecule has 0 saturated heterocycles. The van der Waals surface area contributed by atoms with Gasteiger partial charge in [0.1, 0.15) is 0 Å². The second kappa shape index (κ2) is 6.01. The molecule has 1 amide bonds. The standard InChI is InChI=1S/C15H22N2O/c1-3-11(2)10-16-14-9-8-12-6-4-5-7-13(12)17-15(14)18/h4-7,11,14,16H,3,8-10H2,1-2H3,(H,17,18). The van der Waals surface area contributed by atoms with Crippen LogP contribution in [0.25, 0.3) is 0 Å². The highest BCUT2D eigenvalue weighted by molar-refractivity contribution is 5.96. The van der Waals surface area contributed by atoms with E-state index in [1.165, 1.54) is 5.56 Å². The van der Waals surface area contributed by atoms with E-state index >= 15 is 0 Å². The molecular formula is C15H22N2O. The first-order chi connectivity index (χ1) is 8.70. The molecule has 0 aliphatic carbocycles. The van der Waals surface area contributed by atoms with Crippen LogP contribution >= 0.6 is 0 Å². The molecule has 0 aromatic heterocycles. The fourth-order valence-electron chi connectivity index (χ4n) is 2.19. The number of carbonyl (C=O) groups is 1. The van der Waals surface area contributed by atoms with Gasteiger partial charge in [0.25, 0.3) is 0 Å². The third-order valence-electron chi connectivity index (χ3n) is 3.70. The lowest BCUT2D eigenvalue weighted by molar-refractivity contribution is -0.118. The van der Waals surface area contributed by atoms with Crippen molar-refractivity contribution in [2.45, 2.75) is 39.2 Å². The van der Waals surface area contributed by atoms with Crippen molar-refractivity contribution in [1.29, 1.82) is 0 Å². The summed E-state index contributed by atoms with van der Waals surface area (Å²) < 4.78 is 0. The van der Waals surface area contributed by atoms with Crippen molar-refractivity contribution < 1.29 is 4.79 Å². The zero-order valence-electron chi connectivity index (χ0n) is 11.2. The van der Waals surface area contributed by atoms with Gasteiger partial charge < -0.3 is 10.6 Å². The van der Waals surface area contributed by atoms with Crippen molar-refractivity contribution >= 4 is 11.6 Å². The number of aryl methyl sites for hydroxylation is 1. The highest BCUT2D eigenvalue weighted by atomic mass is 16.2. The van der Waals surface area contributed by atoms with Crippen LogP contribution in [0, 0.1) is 5.92 Å². The molecule has 3 nitrogen and oxygen atoms in total. The SMILES string of the molecule is CCC(C)CNC1CCc2ccccc2NC1=O. The molecule has 2 atom stereocenters. The van der Waals surface area contributed by atoms with E-state index in [1.807, 2.05) is 18.2 Å². The summed E-state index contributed by atoms with van der Waals surface area (Å²) in [5.74, 6) is 0.715. The number of hydrogen-bond acceptors (Lipinski definition) is 2. The Morgan fingerprint density at radius 2 is 2.22 bits per heavy atom. The predicted molar refractivity (Wildman–Crippen MR) is 74.6 cm³/mol. The average molecular weight is 246 g/mol. The Bertz CT molecular complexity index is 417. The molecule has 2 rings (SSSR count). The number of rotatable bonds is 4. The van der Waals surface area contributed by atoms with Gasteiger partial charge in [-0.15, -0.1) is 0 Å².